The van der Waals surface area contributed by atoms with E-state index < -0.39 is 0 Å². The largest absolute Gasteiger partial charge is 0.485 e. The number of oxazole rings is 1. The molecule has 3 rings (SSSR count). The topological polar surface area (TPSA) is 83.4 Å². The lowest BCUT2D eigenvalue weighted by Gasteiger charge is -2.22. The number of aromatic nitrogens is 1. The summed E-state index contributed by atoms with van der Waals surface area (Å²) in [4.78, 5) is 4.28. The van der Waals surface area contributed by atoms with Crippen molar-refractivity contribution >= 4 is 18.2 Å². The number of ether oxygens (including phenoxy) is 1. The zero-order valence-corrected chi connectivity index (χ0v) is 15.2. The molecular formula is C20H22N4O2. The van der Waals surface area contributed by atoms with Crippen molar-refractivity contribution in [3.63, 3.8) is 0 Å². The minimum absolute atomic E-state index is 0.110. The van der Waals surface area contributed by atoms with Crippen LogP contribution in [0.4, 0.5) is 5.88 Å². The van der Waals surface area contributed by atoms with Crippen LogP contribution in [0.25, 0.3) is 6.08 Å². The van der Waals surface area contributed by atoms with Crippen LogP contribution in [0.5, 0.6) is 5.75 Å². The van der Waals surface area contributed by atoms with E-state index in [0.717, 1.165) is 29.7 Å². The second kappa shape index (κ2) is 7.87. The van der Waals surface area contributed by atoms with Crippen molar-refractivity contribution in [2.75, 3.05) is 5.43 Å². The third-order valence-electron chi connectivity index (χ3n) is 4.48. The first-order valence-corrected chi connectivity index (χ1v) is 8.83. The Balaban J connectivity index is 1.77. The number of nitrogens with one attached hydrogen (secondary N) is 1. The van der Waals surface area contributed by atoms with Gasteiger partial charge in [-0.3, -0.25) is 0 Å². The fraction of sp³-hybridized carbons (Fsp3) is 0.350. The van der Waals surface area contributed by atoms with Crippen molar-refractivity contribution in [3.8, 4) is 11.8 Å². The minimum atomic E-state index is -0.110. The molecule has 1 aromatic heterocycles. The van der Waals surface area contributed by atoms with Crippen LogP contribution in [0.2, 0.25) is 0 Å². The number of nitriles is 1. The Kier molecular flexibility index (Phi) is 5.37. The van der Waals surface area contributed by atoms with Gasteiger partial charge in [-0.1, -0.05) is 32.0 Å². The summed E-state index contributed by atoms with van der Waals surface area (Å²) in [6.45, 7) is 6.11. The molecule has 0 bridgehead atoms. The molecule has 2 heterocycles. The molecule has 1 unspecified atom stereocenters. The first-order chi connectivity index (χ1) is 12.7. The first kappa shape index (κ1) is 17.7. The summed E-state index contributed by atoms with van der Waals surface area (Å²) in [5.41, 5.74) is 4.96. The van der Waals surface area contributed by atoms with Gasteiger partial charge in [-0.15, -0.1) is 0 Å². The van der Waals surface area contributed by atoms with Crippen molar-refractivity contribution in [3.05, 3.63) is 47.0 Å². The summed E-state index contributed by atoms with van der Waals surface area (Å²) in [5, 5.41) is 13.5. The molecule has 6 nitrogen and oxygen atoms in total. The first-order valence-electron chi connectivity index (χ1n) is 8.83. The van der Waals surface area contributed by atoms with Gasteiger partial charge < -0.3 is 9.15 Å². The van der Waals surface area contributed by atoms with Gasteiger partial charge in [0.25, 0.3) is 5.88 Å². The van der Waals surface area contributed by atoms with E-state index in [-0.39, 0.29) is 23.6 Å². The number of rotatable bonds is 6. The number of anilines is 1. The molecule has 1 aromatic carbocycles. The van der Waals surface area contributed by atoms with E-state index in [1.54, 1.807) is 6.21 Å². The zero-order valence-electron chi connectivity index (χ0n) is 15.2. The van der Waals surface area contributed by atoms with Gasteiger partial charge in [-0.25, -0.2) is 10.4 Å². The van der Waals surface area contributed by atoms with E-state index >= 15 is 0 Å². The number of benzene rings is 1. The highest BCUT2D eigenvalue weighted by Crippen LogP contribution is 2.29. The Hall–Kier alpha value is -3.07. The highest BCUT2D eigenvalue weighted by atomic mass is 16.5. The van der Waals surface area contributed by atoms with Crippen LogP contribution >= 0.6 is 0 Å². The molecule has 1 atom stereocenters. The molecule has 2 aromatic rings. The molecule has 0 saturated carbocycles. The molecule has 0 amide bonds. The smallest absolute Gasteiger partial charge is 0.252 e. The molecule has 1 N–H and O–H groups in total. The summed E-state index contributed by atoms with van der Waals surface area (Å²) >= 11 is 0. The van der Waals surface area contributed by atoms with Gasteiger partial charge in [-0.2, -0.15) is 10.4 Å². The monoisotopic (exact) mass is 350 g/mol. The molecule has 0 spiro atoms. The molecule has 134 valence electrons. The fourth-order valence-electron chi connectivity index (χ4n) is 2.87. The Morgan fingerprint density at radius 2 is 2.12 bits per heavy atom. The molecular weight excluding hydrogens is 328 g/mol. The van der Waals surface area contributed by atoms with Gasteiger partial charge in [0, 0.05) is 17.1 Å². The minimum Gasteiger partial charge on any atom is -0.485 e. The quantitative estimate of drug-likeness (QED) is 0.602. The Labute approximate surface area is 153 Å². The van der Waals surface area contributed by atoms with Gasteiger partial charge in [-0.05, 0) is 31.9 Å². The van der Waals surface area contributed by atoms with Crippen LogP contribution in [-0.2, 0) is 0 Å². The Bertz CT molecular complexity index is 872. The highest BCUT2D eigenvalue weighted by molar-refractivity contribution is 5.89. The normalized spacial score (nSPS) is 16.1. The molecule has 0 saturated heterocycles. The maximum atomic E-state index is 9.26. The maximum Gasteiger partial charge on any atom is 0.252 e. The van der Waals surface area contributed by atoms with Crippen molar-refractivity contribution in [2.24, 2.45) is 5.10 Å². The summed E-state index contributed by atoms with van der Waals surface area (Å²) in [5.74, 6) is 1.91. The van der Waals surface area contributed by atoms with Crippen LogP contribution in [0, 0.1) is 11.3 Å². The van der Waals surface area contributed by atoms with Crippen LogP contribution < -0.4 is 10.2 Å². The lowest BCUT2D eigenvalue weighted by molar-refractivity contribution is 0.260. The number of fused-ring (bicyclic) bond motifs is 1. The van der Waals surface area contributed by atoms with Crippen molar-refractivity contribution in [1.29, 1.82) is 5.26 Å². The van der Waals surface area contributed by atoms with E-state index in [0.29, 0.717) is 5.89 Å². The molecule has 26 heavy (non-hydrogen) atoms. The van der Waals surface area contributed by atoms with Gasteiger partial charge >= 0.3 is 0 Å². The Morgan fingerprint density at radius 3 is 2.85 bits per heavy atom. The van der Waals surface area contributed by atoms with Crippen molar-refractivity contribution in [1.82, 2.24) is 4.98 Å². The number of hydrogen-bond donors (Lipinski definition) is 1. The van der Waals surface area contributed by atoms with E-state index in [1.165, 1.54) is 0 Å². The number of nitrogens with zero attached hydrogens (tertiary/aromatic N) is 3. The third kappa shape index (κ3) is 3.62. The molecule has 6 heteroatoms. The van der Waals surface area contributed by atoms with Gasteiger partial charge in [0.2, 0.25) is 11.6 Å². The van der Waals surface area contributed by atoms with Crippen LogP contribution in [0.3, 0.4) is 0 Å². The third-order valence-corrected chi connectivity index (χ3v) is 4.48. The lowest BCUT2D eigenvalue weighted by Crippen LogP contribution is -2.19. The second-order valence-corrected chi connectivity index (χ2v) is 6.17. The predicted molar refractivity (Wildman–Crippen MR) is 101 cm³/mol. The zero-order chi connectivity index (χ0) is 18.5. The average molecular weight is 350 g/mol. The number of para-hydroxylation sites is 1. The lowest BCUT2D eigenvalue weighted by atomic mass is 10.0. The van der Waals surface area contributed by atoms with E-state index in [2.05, 4.69) is 29.4 Å². The fourth-order valence-corrected chi connectivity index (χ4v) is 2.87. The van der Waals surface area contributed by atoms with Gasteiger partial charge in [0.15, 0.2) is 0 Å². The van der Waals surface area contributed by atoms with E-state index in [1.807, 2.05) is 43.3 Å². The molecule has 0 radical (unpaired) electrons. The summed E-state index contributed by atoms with van der Waals surface area (Å²) in [7, 11) is 0. The highest BCUT2D eigenvalue weighted by Gasteiger charge is 2.19. The SMILES string of the molecule is CCC(CC)c1nc(C#N)c(N/N=C/C2=Cc3ccccc3OC2C)o1. The predicted octanol–water partition coefficient (Wildman–Crippen LogP) is 4.71. The average Bonchev–Trinajstić information content (AvgIpc) is 3.06. The van der Waals surface area contributed by atoms with Crippen LogP contribution in [-0.4, -0.2) is 17.3 Å². The summed E-state index contributed by atoms with van der Waals surface area (Å²) in [6.07, 6.45) is 5.43. The molecule has 0 fully saturated rings. The van der Waals surface area contributed by atoms with E-state index in [4.69, 9.17) is 9.15 Å². The summed E-state index contributed by atoms with van der Waals surface area (Å²) < 4.78 is 11.6. The standard InChI is InChI=1S/C20H22N4O2/c1-4-14(5-2)19-23-17(11-21)20(26-19)24-22-12-16-10-15-8-6-7-9-18(15)25-13(16)3/h6-10,12-14,24H,4-5H2,1-3H3/b22-12+. The number of hydrogen-bond acceptors (Lipinski definition) is 6. The molecule has 1 aliphatic heterocycles. The Morgan fingerprint density at radius 1 is 1.35 bits per heavy atom. The van der Waals surface area contributed by atoms with Crippen LogP contribution in [0.1, 0.15) is 56.7 Å². The van der Waals surface area contributed by atoms with Crippen molar-refractivity contribution < 1.29 is 9.15 Å². The van der Waals surface area contributed by atoms with Gasteiger partial charge in [0.1, 0.15) is 17.9 Å². The molecule has 1 aliphatic rings. The summed E-state index contributed by atoms with van der Waals surface area (Å²) in [6, 6.07) is 9.91. The van der Waals surface area contributed by atoms with Crippen molar-refractivity contribution in [2.45, 2.75) is 45.6 Å². The number of hydrazone groups is 1. The second-order valence-electron chi connectivity index (χ2n) is 6.17. The van der Waals surface area contributed by atoms with Crippen LogP contribution in [0.15, 0.2) is 39.4 Å². The maximum absolute atomic E-state index is 9.26. The molecule has 0 aliphatic carbocycles. The van der Waals surface area contributed by atoms with E-state index in [9.17, 15) is 5.26 Å². The van der Waals surface area contributed by atoms with Gasteiger partial charge in [0.05, 0.1) is 6.21 Å².